The monoisotopic (exact) mass is 476 g/mol. The van der Waals surface area contributed by atoms with Gasteiger partial charge in [0.05, 0.1) is 0 Å². The van der Waals surface area contributed by atoms with Gasteiger partial charge in [0.15, 0.2) is 0 Å². The van der Waals surface area contributed by atoms with Crippen LogP contribution in [0.3, 0.4) is 0 Å². The van der Waals surface area contributed by atoms with E-state index in [0.29, 0.717) is 22.6 Å². The summed E-state index contributed by atoms with van der Waals surface area (Å²) in [4.78, 5) is 22.1. The number of methoxy groups -OCH3 is 2. The summed E-state index contributed by atoms with van der Waals surface area (Å²) in [5.74, 6) is 1.43. The fourth-order valence-corrected chi connectivity index (χ4v) is 8.65. The van der Waals surface area contributed by atoms with Crippen LogP contribution in [0.5, 0.6) is 11.5 Å². The molecule has 0 aromatic heterocycles. The van der Waals surface area contributed by atoms with Crippen LogP contribution in [0.25, 0.3) is 0 Å². The van der Waals surface area contributed by atoms with Crippen LogP contribution in [-0.4, -0.2) is 26.8 Å². The van der Waals surface area contributed by atoms with Crippen molar-refractivity contribution in [1.82, 2.24) is 0 Å². The number of ether oxygens (including phenoxy) is 2. The van der Waals surface area contributed by atoms with Crippen molar-refractivity contribution in [2.45, 2.75) is 0 Å². The average Bonchev–Trinajstić information content (AvgIpc) is 2.59. The fraction of sp³-hybridized carbons (Fsp3) is 0.125. The topological polar surface area (TPSA) is 52.6 Å². The number of aldehydes is 2. The van der Waals surface area contributed by atoms with E-state index in [1.165, 1.54) is 0 Å². The van der Waals surface area contributed by atoms with Crippen molar-refractivity contribution in [3.63, 3.8) is 0 Å². The van der Waals surface area contributed by atoms with Gasteiger partial charge in [-0.1, -0.05) is 0 Å². The van der Waals surface area contributed by atoms with E-state index in [-0.39, 0.29) is 0 Å². The number of benzene rings is 2. The first kappa shape index (κ1) is 17.0. The molecule has 0 amide bonds. The van der Waals surface area contributed by atoms with E-state index in [4.69, 9.17) is 9.47 Å². The van der Waals surface area contributed by atoms with Crippen LogP contribution >= 0.6 is 30.3 Å². The quantitative estimate of drug-likeness (QED) is 0.463. The normalized spacial score (nSPS) is 10.8. The Balaban J connectivity index is 2.57. The second kappa shape index (κ2) is 7.73. The Morgan fingerprint density at radius 1 is 0.864 bits per heavy atom. The van der Waals surface area contributed by atoms with Gasteiger partial charge in [0, 0.05) is 0 Å². The van der Waals surface area contributed by atoms with Crippen LogP contribution in [0.4, 0.5) is 0 Å². The van der Waals surface area contributed by atoms with Crippen molar-refractivity contribution in [1.29, 1.82) is 0 Å². The van der Waals surface area contributed by atoms with E-state index in [0.717, 1.165) is 19.7 Å². The van der Waals surface area contributed by atoms with Crippen LogP contribution in [0.1, 0.15) is 20.7 Å². The van der Waals surface area contributed by atoms with Gasteiger partial charge < -0.3 is 0 Å². The van der Waals surface area contributed by atoms with Crippen LogP contribution in [-0.2, 0) is 0 Å². The molecule has 0 saturated carbocycles. The molecular weight excluding hydrogens is 463 g/mol. The molecule has 0 spiro atoms. The number of hydrogen-bond donors (Lipinski definition) is 0. The third-order valence-electron chi connectivity index (χ3n) is 2.98. The zero-order valence-corrected chi connectivity index (χ0v) is 15.8. The fourth-order valence-electron chi connectivity index (χ4n) is 1.88. The van der Waals surface area contributed by atoms with E-state index in [1.807, 2.05) is 12.1 Å². The standard InChI is InChI=1S/C16H14BrIO4/c1-21-15-5-3-11(9-19)7-13(15)18(17)14-8-12(10-20)4-6-16(14)22-2/h3-10H,1-2H3. The van der Waals surface area contributed by atoms with Crippen molar-refractivity contribution in [2.75, 3.05) is 14.2 Å². The number of hydrogen-bond acceptors (Lipinski definition) is 4. The van der Waals surface area contributed by atoms with Gasteiger partial charge in [0.1, 0.15) is 0 Å². The van der Waals surface area contributed by atoms with Crippen molar-refractivity contribution in [3.8, 4) is 11.5 Å². The van der Waals surface area contributed by atoms with Gasteiger partial charge >= 0.3 is 142 Å². The first-order chi connectivity index (χ1) is 10.6. The SMILES string of the molecule is COc1ccc(C=O)cc1I(Br)c1cc(C=O)ccc1OC. The summed E-state index contributed by atoms with van der Waals surface area (Å²) in [6.45, 7) is 0. The van der Waals surface area contributed by atoms with E-state index in [9.17, 15) is 9.59 Å². The third-order valence-corrected chi connectivity index (χ3v) is 11.0. The van der Waals surface area contributed by atoms with E-state index >= 15 is 0 Å². The molecule has 0 saturated heterocycles. The Morgan fingerprint density at radius 3 is 1.59 bits per heavy atom. The Labute approximate surface area is 141 Å². The maximum absolute atomic E-state index is 11.0. The summed E-state index contributed by atoms with van der Waals surface area (Å²) in [7, 11) is 3.19. The van der Waals surface area contributed by atoms with Gasteiger partial charge in [-0.3, -0.25) is 0 Å². The number of rotatable bonds is 6. The van der Waals surface area contributed by atoms with Crippen molar-refractivity contribution in [3.05, 3.63) is 54.7 Å². The summed E-state index contributed by atoms with van der Waals surface area (Å²) < 4.78 is 12.7. The Kier molecular flexibility index (Phi) is 5.96. The van der Waals surface area contributed by atoms with Gasteiger partial charge in [0.25, 0.3) is 0 Å². The van der Waals surface area contributed by atoms with Crippen molar-refractivity contribution >= 4 is 42.9 Å². The molecule has 4 nitrogen and oxygen atoms in total. The molecule has 0 radical (unpaired) electrons. The molecule has 0 unspecified atom stereocenters. The third kappa shape index (κ3) is 3.49. The zero-order chi connectivity index (χ0) is 16.1. The minimum atomic E-state index is -2.08. The Morgan fingerprint density at radius 2 is 1.27 bits per heavy atom. The number of halogens is 2. The molecule has 0 heterocycles. The zero-order valence-electron chi connectivity index (χ0n) is 12.0. The summed E-state index contributed by atoms with van der Waals surface area (Å²) >= 11 is 1.69. The molecule has 0 atom stereocenters. The minimum absolute atomic E-state index is 0.586. The molecule has 0 fully saturated rings. The molecule has 0 bridgehead atoms. The predicted octanol–water partition coefficient (Wildman–Crippen LogP) is 4.18. The maximum atomic E-state index is 11.0. The number of carbonyl (C=O) groups excluding carboxylic acids is 2. The molecular formula is C16H14BrIO4. The molecule has 6 heteroatoms. The molecule has 2 aromatic carbocycles. The molecule has 2 aromatic rings. The summed E-state index contributed by atoms with van der Waals surface area (Å²) in [6, 6.07) is 10.6. The van der Waals surface area contributed by atoms with Crippen LogP contribution in [0.2, 0.25) is 0 Å². The van der Waals surface area contributed by atoms with Crippen LogP contribution < -0.4 is 9.47 Å². The Hall–Kier alpha value is -1.41. The van der Waals surface area contributed by atoms with Gasteiger partial charge in [-0.2, -0.15) is 0 Å². The molecule has 22 heavy (non-hydrogen) atoms. The second-order valence-electron chi connectivity index (χ2n) is 4.26. The second-order valence-corrected chi connectivity index (χ2v) is 12.0. The van der Waals surface area contributed by atoms with Crippen LogP contribution in [0.15, 0.2) is 36.4 Å². The molecule has 2 rings (SSSR count). The summed E-state index contributed by atoms with van der Waals surface area (Å²) in [6.07, 6.45) is 1.61. The van der Waals surface area contributed by atoms with E-state index < -0.39 is 17.6 Å². The van der Waals surface area contributed by atoms with E-state index in [1.54, 1.807) is 38.5 Å². The predicted molar refractivity (Wildman–Crippen MR) is 97.1 cm³/mol. The van der Waals surface area contributed by atoms with Crippen LogP contribution in [0, 0.1) is 7.14 Å². The first-order valence-corrected chi connectivity index (χ1v) is 13.3. The number of carbonyl (C=O) groups is 2. The molecule has 0 aliphatic heterocycles. The Bertz CT molecular complexity index is 643. The summed E-state index contributed by atoms with van der Waals surface area (Å²) in [5, 5.41) is 0. The first-order valence-electron chi connectivity index (χ1n) is 6.27. The molecule has 0 aliphatic carbocycles. The van der Waals surface area contributed by atoms with Crippen molar-refractivity contribution in [2.24, 2.45) is 0 Å². The van der Waals surface area contributed by atoms with Gasteiger partial charge in [0.2, 0.25) is 0 Å². The molecule has 116 valence electrons. The van der Waals surface area contributed by atoms with Gasteiger partial charge in [-0.25, -0.2) is 0 Å². The molecule has 0 aliphatic rings. The van der Waals surface area contributed by atoms with E-state index in [2.05, 4.69) is 12.7 Å². The van der Waals surface area contributed by atoms with Gasteiger partial charge in [-0.05, 0) is 0 Å². The van der Waals surface area contributed by atoms with Gasteiger partial charge in [-0.15, -0.1) is 0 Å². The van der Waals surface area contributed by atoms with Crippen molar-refractivity contribution < 1.29 is 19.1 Å². The summed E-state index contributed by atoms with van der Waals surface area (Å²) in [5.41, 5.74) is 1.17. The average molecular weight is 477 g/mol. The molecule has 0 N–H and O–H groups in total.